The highest BCUT2D eigenvalue weighted by Crippen LogP contribution is 2.46. The maximum atomic E-state index is 13.0. The Balaban J connectivity index is 1.58. The number of aryl methyl sites for hydroxylation is 1. The van der Waals surface area contributed by atoms with Gasteiger partial charge in [-0.05, 0) is 37.8 Å². The van der Waals surface area contributed by atoms with E-state index in [0.29, 0.717) is 13.0 Å². The predicted molar refractivity (Wildman–Crippen MR) is 99.4 cm³/mol. The highest BCUT2D eigenvalue weighted by atomic mass is 16.3. The van der Waals surface area contributed by atoms with Crippen molar-refractivity contribution >= 4 is 5.91 Å². The highest BCUT2D eigenvalue weighted by Gasteiger charge is 2.50. The standard InChI is InChI=1S/C21H27N3O2/c1-16-11-13-22-24(16)15-20(25)23-14-12-21(26,17-7-3-2-4-8-17)18-9-5-6-10-19(18)23/h2-4,7-8,11,13,18-19,26H,5-6,9-10,12,14-15H2,1H3/t18-,19+,21?/m1/s1. The largest absolute Gasteiger partial charge is 0.385 e. The molecule has 1 saturated heterocycles. The average molecular weight is 353 g/mol. The lowest BCUT2D eigenvalue weighted by Gasteiger charge is -2.52. The lowest BCUT2D eigenvalue weighted by molar-refractivity contribution is -0.155. The Bertz CT molecular complexity index is 773. The van der Waals surface area contributed by atoms with Gasteiger partial charge in [-0.2, -0.15) is 5.10 Å². The van der Waals surface area contributed by atoms with Crippen molar-refractivity contribution in [1.29, 1.82) is 0 Å². The number of carbonyl (C=O) groups is 1. The molecule has 0 radical (unpaired) electrons. The molecule has 2 fully saturated rings. The van der Waals surface area contributed by atoms with Crippen molar-refractivity contribution in [2.75, 3.05) is 6.54 Å². The average Bonchev–Trinajstić information content (AvgIpc) is 3.07. The molecule has 1 aliphatic carbocycles. The number of amides is 1. The summed E-state index contributed by atoms with van der Waals surface area (Å²) < 4.78 is 1.76. The van der Waals surface area contributed by atoms with Crippen molar-refractivity contribution < 1.29 is 9.90 Å². The maximum Gasteiger partial charge on any atom is 0.244 e. The normalized spacial score (nSPS) is 28.6. The molecule has 1 saturated carbocycles. The summed E-state index contributed by atoms with van der Waals surface area (Å²) in [6.07, 6.45) is 6.52. The summed E-state index contributed by atoms with van der Waals surface area (Å²) in [4.78, 5) is 15.0. The molecule has 1 unspecified atom stereocenters. The van der Waals surface area contributed by atoms with E-state index in [0.717, 1.165) is 36.9 Å². The van der Waals surface area contributed by atoms with E-state index >= 15 is 0 Å². The SMILES string of the molecule is Cc1ccnn1CC(=O)N1CCC(O)(c2ccccc2)[C@@H]2CCCC[C@@H]21. The second-order valence-corrected chi connectivity index (χ2v) is 7.72. The summed E-state index contributed by atoms with van der Waals surface area (Å²) >= 11 is 0. The third-order valence-electron chi connectivity index (χ3n) is 6.29. The number of aromatic nitrogens is 2. The Hall–Kier alpha value is -2.14. The van der Waals surface area contributed by atoms with Crippen LogP contribution in [0.1, 0.15) is 43.4 Å². The summed E-state index contributed by atoms with van der Waals surface area (Å²) in [7, 11) is 0. The molecule has 4 rings (SSSR count). The molecule has 5 nitrogen and oxygen atoms in total. The van der Waals surface area contributed by atoms with Crippen LogP contribution >= 0.6 is 0 Å². The van der Waals surface area contributed by atoms with Crippen LogP contribution in [-0.4, -0.2) is 38.3 Å². The van der Waals surface area contributed by atoms with E-state index < -0.39 is 5.60 Å². The van der Waals surface area contributed by atoms with Crippen LogP contribution < -0.4 is 0 Å². The van der Waals surface area contributed by atoms with E-state index in [9.17, 15) is 9.90 Å². The van der Waals surface area contributed by atoms with Crippen LogP contribution in [0.4, 0.5) is 0 Å². The molecule has 26 heavy (non-hydrogen) atoms. The number of carbonyl (C=O) groups excluding carboxylic acids is 1. The number of aliphatic hydroxyl groups is 1. The highest BCUT2D eigenvalue weighted by molar-refractivity contribution is 5.76. The molecule has 0 spiro atoms. The minimum absolute atomic E-state index is 0.107. The van der Waals surface area contributed by atoms with Gasteiger partial charge in [-0.3, -0.25) is 9.48 Å². The molecule has 1 amide bonds. The van der Waals surface area contributed by atoms with Crippen molar-refractivity contribution in [2.24, 2.45) is 5.92 Å². The molecule has 2 heterocycles. The van der Waals surface area contributed by atoms with Gasteiger partial charge >= 0.3 is 0 Å². The molecule has 1 aromatic heterocycles. The van der Waals surface area contributed by atoms with Gasteiger partial charge in [0.05, 0.1) is 5.60 Å². The van der Waals surface area contributed by atoms with E-state index in [1.54, 1.807) is 10.9 Å². The Morgan fingerprint density at radius 3 is 2.73 bits per heavy atom. The summed E-state index contributed by atoms with van der Waals surface area (Å²) in [5.74, 6) is 0.221. The summed E-state index contributed by atoms with van der Waals surface area (Å²) in [6.45, 7) is 2.85. The lowest BCUT2D eigenvalue weighted by atomic mass is 9.66. The molecular formula is C21H27N3O2. The van der Waals surface area contributed by atoms with Gasteiger partial charge in [0, 0.05) is 30.4 Å². The zero-order chi connectivity index (χ0) is 18.1. The van der Waals surface area contributed by atoms with Crippen LogP contribution in [0.5, 0.6) is 0 Å². The molecule has 2 aliphatic rings. The quantitative estimate of drug-likeness (QED) is 0.923. The van der Waals surface area contributed by atoms with Gasteiger partial charge in [0.15, 0.2) is 0 Å². The number of piperidine rings is 1. The Morgan fingerprint density at radius 2 is 2.00 bits per heavy atom. The summed E-state index contributed by atoms with van der Waals surface area (Å²) in [5, 5.41) is 15.8. The molecule has 0 bridgehead atoms. The van der Waals surface area contributed by atoms with Crippen LogP contribution in [0, 0.1) is 12.8 Å². The van der Waals surface area contributed by atoms with Gasteiger partial charge in [-0.25, -0.2) is 0 Å². The molecule has 2 aromatic rings. The molecule has 5 heteroatoms. The van der Waals surface area contributed by atoms with Crippen molar-refractivity contribution in [2.45, 2.75) is 57.2 Å². The van der Waals surface area contributed by atoms with Crippen molar-refractivity contribution in [3.63, 3.8) is 0 Å². The van der Waals surface area contributed by atoms with Crippen LogP contribution in [0.15, 0.2) is 42.6 Å². The summed E-state index contributed by atoms with van der Waals surface area (Å²) in [6, 6.07) is 12.0. The number of benzene rings is 1. The smallest absolute Gasteiger partial charge is 0.244 e. The number of nitrogens with zero attached hydrogens (tertiary/aromatic N) is 3. The van der Waals surface area contributed by atoms with Crippen LogP contribution in [0.3, 0.4) is 0 Å². The predicted octanol–water partition coefficient (Wildman–Crippen LogP) is 2.87. The van der Waals surface area contributed by atoms with E-state index in [2.05, 4.69) is 5.10 Å². The van der Waals surface area contributed by atoms with Crippen LogP contribution in [0.25, 0.3) is 0 Å². The first kappa shape index (κ1) is 17.3. The van der Waals surface area contributed by atoms with Gasteiger partial charge in [0.2, 0.25) is 5.91 Å². The number of hydrogen-bond acceptors (Lipinski definition) is 3. The van der Waals surface area contributed by atoms with E-state index in [1.165, 1.54) is 0 Å². The molecular weight excluding hydrogens is 326 g/mol. The van der Waals surface area contributed by atoms with Gasteiger partial charge in [-0.1, -0.05) is 43.2 Å². The minimum atomic E-state index is -0.829. The fraction of sp³-hybridized carbons (Fsp3) is 0.524. The first-order valence-corrected chi connectivity index (χ1v) is 9.65. The third kappa shape index (κ3) is 2.94. The number of likely N-dealkylation sites (tertiary alicyclic amines) is 1. The zero-order valence-corrected chi connectivity index (χ0v) is 15.3. The Labute approximate surface area is 154 Å². The van der Waals surface area contributed by atoms with Crippen LogP contribution in [-0.2, 0) is 16.9 Å². The van der Waals surface area contributed by atoms with Crippen molar-refractivity contribution in [3.05, 3.63) is 53.9 Å². The number of rotatable bonds is 3. The maximum absolute atomic E-state index is 13.0. The fourth-order valence-electron chi connectivity index (χ4n) is 4.86. The first-order chi connectivity index (χ1) is 12.6. The van der Waals surface area contributed by atoms with Gasteiger partial charge < -0.3 is 10.0 Å². The number of hydrogen-bond donors (Lipinski definition) is 1. The lowest BCUT2D eigenvalue weighted by Crippen LogP contribution is -2.59. The first-order valence-electron chi connectivity index (χ1n) is 9.65. The second kappa shape index (κ2) is 6.88. The topological polar surface area (TPSA) is 58.4 Å². The molecule has 1 aromatic carbocycles. The van der Waals surface area contributed by atoms with Crippen molar-refractivity contribution in [1.82, 2.24) is 14.7 Å². The summed E-state index contributed by atoms with van der Waals surface area (Å²) in [5.41, 5.74) is 1.16. The Morgan fingerprint density at radius 1 is 1.23 bits per heavy atom. The van der Waals surface area contributed by atoms with Gasteiger partial charge in [0.1, 0.15) is 6.54 Å². The molecule has 1 aliphatic heterocycles. The zero-order valence-electron chi connectivity index (χ0n) is 15.3. The Kier molecular flexibility index (Phi) is 4.57. The van der Waals surface area contributed by atoms with Crippen LogP contribution in [0.2, 0.25) is 0 Å². The van der Waals surface area contributed by atoms with Crippen molar-refractivity contribution in [3.8, 4) is 0 Å². The monoisotopic (exact) mass is 353 g/mol. The number of fused-ring (bicyclic) bond motifs is 1. The fourth-order valence-corrected chi connectivity index (χ4v) is 4.86. The van der Waals surface area contributed by atoms with Gasteiger partial charge in [-0.15, -0.1) is 0 Å². The second-order valence-electron chi connectivity index (χ2n) is 7.72. The van der Waals surface area contributed by atoms with E-state index in [4.69, 9.17) is 0 Å². The minimum Gasteiger partial charge on any atom is -0.385 e. The molecule has 1 N–H and O–H groups in total. The molecule has 138 valence electrons. The molecule has 3 atom stereocenters. The van der Waals surface area contributed by atoms with E-state index in [1.807, 2.05) is 48.2 Å². The third-order valence-corrected chi connectivity index (χ3v) is 6.29. The van der Waals surface area contributed by atoms with E-state index in [-0.39, 0.29) is 24.4 Å². The van der Waals surface area contributed by atoms with Gasteiger partial charge in [0.25, 0.3) is 0 Å².